The van der Waals surface area contributed by atoms with Crippen LogP contribution >= 0.6 is 0 Å². The van der Waals surface area contributed by atoms with E-state index in [2.05, 4.69) is 93.2 Å². The Morgan fingerprint density at radius 2 is 1.50 bits per heavy atom. The first-order chi connectivity index (χ1) is 10.7. The molecule has 0 bridgehead atoms. The maximum atomic E-state index is 2.20. The second-order valence-corrected chi connectivity index (χ2v) is 5.68. The van der Waals surface area contributed by atoms with Crippen molar-refractivity contribution in [2.45, 2.75) is 33.6 Å². The predicted octanol–water partition coefficient (Wildman–Crippen LogP) is 5.45. The van der Waals surface area contributed by atoms with Crippen LogP contribution in [0.25, 0.3) is 22.0 Å². The minimum atomic E-state index is 1.26. The Balaban J connectivity index is 0.000000396. The van der Waals surface area contributed by atoms with Gasteiger partial charge in [0.1, 0.15) is 7.05 Å². The molecule has 0 unspecified atom stereocenters. The van der Waals surface area contributed by atoms with E-state index in [1.165, 1.54) is 40.4 Å². The highest BCUT2D eigenvalue weighted by atomic mass is 14.9. The van der Waals surface area contributed by atoms with Crippen LogP contribution in [-0.2, 0) is 7.05 Å². The molecule has 3 aromatic rings. The lowest BCUT2D eigenvalue weighted by Crippen LogP contribution is -2.30. The lowest BCUT2D eigenvalue weighted by atomic mass is 9.97. The number of rotatable bonds is 2. The molecule has 0 spiro atoms. The summed E-state index contributed by atoms with van der Waals surface area (Å²) in [6.07, 6.45) is 4.73. The van der Waals surface area contributed by atoms with Crippen LogP contribution in [0.15, 0.2) is 60.8 Å². The van der Waals surface area contributed by atoms with Gasteiger partial charge in [0.15, 0.2) is 6.20 Å². The summed E-state index contributed by atoms with van der Waals surface area (Å²) in [6, 6.07) is 19.3. The Kier molecular flexibility index (Phi) is 5.71. The van der Waals surface area contributed by atoms with Crippen molar-refractivity contribution < 1.29 is 4.57 Å². The predicted molar refractivity (Wildman–Crippen MR) is 95.9 cm³/mol. The number of benzene rings is 2. The average molecular weight is 292 g/mol. The molecular weight excluding hydrogens is 266 g/mol. The highest BCUT2D eigenvalue weighted by Gasteiger charge is 2.14. The number of unbranched alkanes of at least 4 members (excludes halogenated alkanes) is 1. The van der Waals surface area contributed by atoms with Crippen molar-refractivity contribution in [3.05, 3.63) is 66.4 Å². The van der Waals surface area contributed by atoms with Crippen molar-refractivity contribution in [1.29, 1.82) is 0 Å². The van der Waals surface area contributed by atoms with Gasteiger partial charge >= 0.3 is 0 Å². The molecule has 0 aliphatic heterocycles. The first-order valence-corrected chi connectivity index (χ1v) is 8.12. The van der Waals surface area contributed by atoms with Crippen molar-refractivity contribution in [1.82, 2.24) is 0 Å². The van der Waals surface area contributed by atoms with E-state index >= 15 is 0 Å². The molecule has 22 heavy (non-hydrogen) atoms. The van der Waals surface area contributed by atoms with Crippen molar-refractivity contribution in [3.8, 4) is 11.3 Å². The van der Waals surface area contributed by atoms with Crippen molar-refractivity contribution >= 4 is 10.8 Å². The topological polar surface area (TPSA) is 3.88 Å². The molecule has 0 aliphatic carbocycles. The quantitative estimate of drug-likeness (QED) is 0.553. The van der Waals surface area contributed by atoms with Gasteiger partial charge in [-0.3, -0.25) is 0 Å². The Morgan fingerprint density at radius 1 is 0.818 bits per heavy atom. The third-order valence-corrected chi connectivity index (χ3v) is 3.95. The van der Waals surface area contributed by atoms with E-state index in [0.717, 1.165) is 0 Å². The van der Waals surface area contributed by atoms with Gasteiger partial charge in [0, 0.05) is 12.1 Å². The molecule has 1 aromatic heterocycles. The zero-order valence-corrected chi connectivity index (χ0v) is 14.1. The highest BCUT2D eigenvalue weighted by Crippen LogP contribution is 2.29. The summed E-state index contributed by atoms with van der Waals surface area (Å²) >= 11 is 0. The number of hydrogen-bond donors (Lipinski definition) is 0. The van der Waals surface area contributed by atoms with Crippen LogP contribution in [-0.4, -0.2) is 0 Å². The van der Waals surface area contributed by atoms with Crippen LogP contribution in [0.2, 0.25) is 0 Å². The van der Waals surface area contributed by atoms with E-state index < -0.39 is 0 Å². The van der Waals surface area contributed by atoms with E-state index in [1.807, 2.05) is 0 Å². The average Bonchev–Trinajstić information content (AvgIpc) is 2.56. The summed E-state index contributed by atoms with van der Waals surface area (Å²) in [5.74, 6) is 0. The largest absolute Gasteiger partial charge is 0.213 e. The summed E-state index contributed by atoms with van der Waals surface area (Å²) in [4.78, 5) is 0. The maximum absolute atomic E-state index is 2.20. The fourth-order valence-corrected chi connectivity index (χ4v) is 2.50. The zero-order valence-electron chi connectivity index (χ0n) is 14.1. The molecule has 2 aromatic carbocycles. The van der Waals surface area contributed by atoms with Crippen molar-refractivity contribution in [2.24, 2.45) is 7.05 Å². The SMILES string of the molecule is CCCC.Cc1ccc2ccccc2c1-c1cccc[n+]1C. The van der Waals surface area contributed by atoms with Crippen LogP contribution in [0.5, 0.6) is 0 Å². The fraction of sp³-hybridized carbons (Fsp3) is 0.286. The molecule has 0 N–H and O–H groups in total. The van der Waals surface area contributed by atoms with E-state index in [-0.39, 0.29) is 0 Å². The molecule has 0 saturated heterocycles. The molecule has 0 amide bonds. The van der Waals surface area contributed by atoms with Crippen LogP contribution in [0.3, 0.4) is 0 Å². The van der Waals surface area contributed by atoms with Gasteiger partial charge in [-0.25, -0.2) is 4.57 Å². The smallest absolute Gasteiger partial charge is 0.201 e. The lowest BCUT2D eigenvalue weighted by molar-refractivity contribution is -0.660. The van der Waals surface area contributed by atoms with Crippen molar-refractivity contribution in [3.63, 3.8) is 0 Å². The fourth-order valence-electron chi connectivity index (χ4n) is 2.50. The Morgan fingerprint density at radius 3 is 2.18 bits per heavy atom. The van der Waals surface area contributed by atoms with Gasteiger partial charge in [0.05, 0.1) is 5.56 Å². The third-order valence-electron chi connectivity index (χ3n) is 3.95. The molecule has 114 valence electrons. The van der Waals surface area contributed by atoms with Gasteiger partial charge in [0.2, 0.25) is 5.69 Å². The van der Waals surface area contributed by atoms with Gasteiger partial charge in [-0.2, -0.15) is 0 Å². The Bertz CT molecular complexity index is 742. The number of aryl methyl sites for hydroxylation is 2. The molecular formula is C21H26N+. The second-order valence-electron chi connectivity index (χ2n) is 5.68. The zero-order chi connectivity index (χ0) is 15.9. The number of fused-ring (bicyclic) bond motifs is 1. The van der Waals surface area contributed by atoms with Crippen LogP contribution in [0.4, 0.5) is 0 Å². The highest BCUT2D eigenvalue weighted by molar-refractivity contribution is 5.96. The summed E-state index contributed by atoms with van der Waals surface area (Å²) in [6.45, 7) is 6.54. The Hall–Kier alpha value is -2.15. The first kappa shape index (κ1) is 16.2. The number of aromatic nitrogens is 1. The monoisotopic (exact) mass is 292 g/mol. The van der Waals surface area contributed by atoms with Gasteiger partial charge < -0.3 is 0 Å². The van der Waals surface area contributed by atoms with E-state index in [9.17, 15) is 0 Å². The number of pyridine rings is 1. The molecule has 3 rings (SSSR count). The number of nitrogens with zero attached hydrogens (tertiary/aromatic N) is 1. The van der Waals surface area contributed by atoms with Crippen LogP contribution < -0.4 is 4.57 Å². The molecule has 0 saturated carbocycles. The van der Waals surface area contributed by atoms with E-state index in [1.54, 1.807) is 0 Å². The van der Waals surface area contributed by atoms with E-state index in [0.29, 0.717) is 0 Å². The molecule has 1 heterocycles. The summed E-state index contributed by atoms with van der Waals surface area (Å²) in [5, 5.41) is 2.61. The van der Waals surface area contributed by atoms with Gasteiger partial charge in [-0.1, -0.05) is 63.1 Å². The maximum Gasteiger partial charge on any atom is 0.213 e. The number of hydrogen-bond acceptors (Lipinski definition) is 0. The molecule has 0 radical (unpaired) electrons. The summed E-state index contributed by atoms with van der Waals surface area (Å²) in [7, 11) is 2.09. The first-order valence-electron chi connectivity index (χ1n) is 8.12. The minimum absolute atomic E-state index is 1.26. The Labute approximate surface area is 134 Å². The normalized spacial score (nSPS) is 10.2. The third kappa shape index (κ3) is 3.54. The van der Waals surface area contributed by atoms with E-state index in [4.69, 9.17) is 0 Å². The van der Waals surface area contributed by atoms with Crippen LogP contribution in [0, 0.1) is 6.92 Å². The second kappa shape index (κ2) is 7.74. The molecule has 1 heteroatoms. The van der Waals surface area contributed by atoms with Crippen LogP contribution in [0.1, 0.15) is 32.3 Å². The molecule has 0 aliphatic rings. The lowest BCUT2D eigenvalue weighted by Gasteiger charge is -2.08. The van der Waals surface area contributed by atoms with Gasteiger partial charge in [0.25, 0.3) is 0 Å². The van der Waals surface area contributed by atoms with Gasteiger partial charge in [-0.15, -0.1) is 0 Å². The summed E-state index contributed by atoms with van der Waals surface area (Å²) < 4.78 is 2.18. The molecule has 0 atom stereocenters. The molecule has 1 nitrogen and oxygen atoms in total. The van der Waals surface area contributed by atoms with Gasteiger partial charge in [-0.05, 0) is 29.3 Å². The molecule has 0 fully saturated rings. The standard InChI is InChI=1S/C17H16N.C4H10/c1-13-10-11-14-7-3-4-8-15(14)17(13)16-9-5-6-12-18(16)2;1-3-4-2/h3-12H,1-2H3;3-4H2,1-2H3/q+1;. The summed E-state index contributed by atoms with van der Waals surface area (Å²) in [5.41, 5.74) is 3.90. The van der Waals surface area contributed by atoms with Crippen molar-refractivity contribution in [2.75, 3.05) is 0 Å². The minimum Gasteiger partial charge on any atom is -0.201 e.